The molecule has 0 spiro atoms. The number of hydrogen-bond donors (Lipinski definition) is 1. The van der Waals surface area contributed by atoms with Crippen LogP contribution in [0.15, 0.2) is 71.7 Å². The van der Waals surface area contributed by atoms with Crippen molar-refractivity contribution in [2.24, 2.45) is 0 Å². The summed E-state index contributed by atoms with van der Waals surface area (Å²) < 4.78 is 6.64. The average molecular weight is 348 g/mol. The van der Waals surface area contributed by atoms with Crippen molar-refractivity contribution >= 4 is 11.6 Å². The summed E-state index contributed by atoms with van der Waals surface area (Å²) >= 11 is 0. The number of methoxy groups -OCH3 is 1. The van der Waals surface area contributed by atoms with Gasteiger partial charge in [0.2, 0.25) is 0 Å². The molecule has 0 aliphatic rings. The molecule has 0 unspecified atom stereocenters. The molecule has 0 fully saturated rings. The van der Waals surface area contributed by atoms with E-state index in [0.29, 0.717) is 17.8 Å². The van der Waals surface area contributed by atoms with E-state index in [0.717, 1.165) is 16.9 Å². The third-order valence-corrected chi connectivity index (χ3v) is 4.07. The Kier molecular flexibility index (Phi) is 5.17. The second-order valence-corrected chi connectivity index (χ2v) is 6.05. The van der Waals surface area contributed by atoms with Crippen molar-refractivity contribution in [3.63, 3.8) is 0 Å². The number of nitrogens with zero attached hydrogens (tertiary/aromatic N) is 1. The van der Waals surface area contributed by atoms with E-state index < -0.39 is 0 Å². The molecular weight excluding hydrogens is 328 g/mol. The molecule has 1 N–H and O–H groups in total. The largest absolute Gasteiger partial charge is 0.497 e. The SMILES string of the molecule is COc1ccc(NC(=O)c2ccc(=O)n(Cc3ccc(C)cc3)c2)cc1. The van der Waals surface area contributed by atoms with E-state index in [1.165, 1.54) is 16.7 Å². The zero-order valence-electron chi connectivity index (χ0n) is 14.7. The van der Waals surface area contributed by atoms with E-state index in [2.05, 4.69) is 5.32 Å². The standard InChI is InChI=1S/C21H20N2O3/c1-15-3-5-16(6-4-15)13-23-14-17(7-12-20(23)24)21(25)22-18-8-10-19(26-2)11-9-18/h3-12,14H,13H2,1-2H3,(H,22,25). The highest BCUT2D eigenvalue weighted by Gasteiger charge is 2.09. The maximum atomic E-state index is 12.5. The van der Waals surface area contributed by atoms with E-state index in [-0.39, 0.29) is 11.5 Å². The van der Waals surface area contributed by atoms with Crippen molar-refractivity contribution in [1.82, 2.24) is 4.57 Å². The fourth-order valence-electron chi connectivity index (χ4n) is 2.56. The van der Waals surface area contributed by atoms with Crippen molar-refractivity contribution in [1.29, 1.82) is 0 Å². The minimum atomic E-state index is -0.271. The van der Waals surface area contributed by atoms with Gasteiger partial charge in [0, 0.05) is 18.0 Å². The molecule has 0 aliphatic carbocycles. The van der Waals surface area contributed by atoms with Crippen molar-refractivity contribution < 1.29 is 9.53 Å². The van der Waals surface area contributed by atoms with Gasteiger partial charge in [-0.05, 0) is 42.8 Å². The van der Waals surface area contributed by atoms with E-state index in [1.807, 2.05) is 31.2 Å². The van der Waals surface area contributed by atoms with Crippen LogP contribution >= 0.6 is 0 Å². The number of anilines is 1. The molecule has 26 heavy (non-hydrogen) atoms. The van der Waals surface area contributed by atoms with Gasteiger partial charge < -0.3 is 14.6 Å². The number of aryl methyl sites for hydroxylation is 1. The lowest BCUT2D eigenvalue weighted by Crippen LogP contribution is -2.22. The van der Waals surface area contributed by atoms with Gasteiger partial charge in [0.1, 0.15) is 5.75 Å². The number of ether oxygens (including phenoxy) is 1. The summed E-state index contributed by atoms with van der Waals surface area (Å²) in [5.41, 5.74) is 3.10. The van der Waals surface area contributed by atoms with Gasteiger partial charge in [-0.3, -0.25) is 9.59 Å². The number of carbonyl (C=O) groups excluding carboxylic acids is 1. The predicted octanol–water partition coefficient (Wildman–Crippen LogP) is 3.47. The monoisotopic (exact) mass is 348 g/mol. The zero-order chi connectivity index (χ0) is 18.5. The predicted molar refractivity (Wildman–Crippen MR) is 102 cm³/mol. The van der Waals surface area contributed by atoms with E-state index in [4.69, 9.17) is 4.74 Å². The average Bonchev–Trinajstić information content (AvgIpc) is 2.66. The number of hydrogen-bond acceptors (Lipinski definition) is 3. The third-order valence-electron chi connectivity index (χ3n) is 4.07. The highest BCUT2D eigenvalue weighted by atomic mass is 16.5. The smallest absolute Gasteiger partial charge is 0.257 e. The molecule has 0 atom stereocenters. The maximum Gasteiger partial charge on any atom is 0.257 e. The Balaban J connectivity index is 1.78. The molecule has 5 heteroatoms. The number of benzene rings is 2. The first-order valence-corrected chi connectivity index (χ1v) is 8.26. The first kappa shape index (κ1) is 17.5. The van der Waals surface area contributed by atoms with Gasteiger partial charge in [-0.15, -0.1) is 0 Å². The van der Waals surface area contributed by atoms with Crippen LogP contribution in [-0.2, 0) is 6.54 Å². The molecule has 2 aromatic carbocycles. The van der Waals surface area contributed by atoms with Crippen LogP contribution in [0.5, 0.6) is 5.75 Å². The Morgan fingerprint density at radius 3 is 2.35 bits per heavy atom. The number of pyridine rings is 1. The van der Waals surface area contributed by atoms with Crippen LogP contribution < -0.4 is 15.6 Å². The Bertz CT molecular complexity index is 958. The van der Waals surface area contributed by atoms with Gasteiger partial charge >= 0.3 is 0 Å². The van der Waals surface area contributed by atoms with Crippen LogP contribution in [0.2, 0.25) is 0 Å². The minimum absolute atomic E-state index is 0.147. The lowest BCUT2D eigenvalue weighted by molar-refractivity contribution is 0.102. The number of aromatic nitrogens is 1. The van der Waals surface area contributed by atoms with Crippen LogP contribution in [0, 0.1) is 6.92 Å². The Labute approximate surface area is 151 Å². The summed E-state index contributed by atoms with van der Waals surface area (Å²) in [6.45, 7) is 2.43. The van der Waals surface area contributed by atoms with Crippen molar-refractivity contribution in [3.05, 3.63) is 93.9 Å². The summed E-state index contributed by atoms with van der Waals surface area (Å²) in [5.74, 6) is 0.447. The minimum Gasteiger partial charge on any atom is -0.497 e. The highest BCUT2D eigenvalue weighted by molar-refractivity contribution is 6.04. The van der Waals surface area contributed by atoms with Gasteiger partial charge in [0.25, 0.3) is 11.5 Å². The normalized spacial score (nSPS) is 10.4. The van der Waals surface area contributed by atoms with Crippen LogP contribution in [0.4, 0.5) is 5.69 Å². The maximum absolute atomic E-state index is 12.5. The van der Waals surface area contributed by atoms with Crippen molar-refractivity contribution in [2.75, 3.05) is 12.4 Å². The summed E-state index contributed by atoms with van der Waals surface area (Å²) in [4.78, 5) is 24.6. The lowest BCUT2D eigenvalue weighted by Gasteiger charge is -2.10. The third kappa shape index (κ3) is 4.19. The molecule has 3 aromatic rings. The number of amides is 1. The Morgan fingerprint density at radius 1 is 1.00 bits per heavy atom. The molecule has 1 aromatic heterocycles. The van der Waals surface area contributed by atoms with Gasteiger partial charge in [-0.2, -0.15) is 0 Å². The molecule has 1 amide bonds. The number of carbonyl (C=O) groups is 1. The molecule has 0 radical (unpaired) electrons. The quantitative estimate of drug-likeness (QED) is 0.768. The fourth-order valence-corrected chi connectivity index (χ4v) is 2.56. The molecule has 5 nitrogen and oxygen atoms in total. The van der Waals surface area contributed by atoms with Gasteiger partial charge in [0.05, 0.1) is 19.2 Å². The van der Waals surface area contributed by atoms with Crippen LogP contribution in [0.25, 0.3) is 0 Å². The topological polar surface area (TPSA) is 60.3 Å². The van der Waals surface area contributed by atoms with Gasteiger partial charge in [-0.1, -0.05) is 29.8 Å². The first-order chi connectivity index (χ1) is 12.5. The number of rotatable bonds is 5. The molecule has 0 aliphatic heterocycles. The molecular formula is C21H20N2O3. The molecule has 0 bridgehead atoms. The second-order valence-electron chi connectivity index (χ2n) is 6.05. The van der Waals surface area contributed by atoms with Crippen molar-refractivity contribution in [2.45, 2.75) is 13.5 Å². The van der Waals surface area contributed by atoms with E-state index in [1.54, 1.807) is 37.6 Å². The number of nitrogens with one attached hydrogen (secondary N) is 1. The highest BCUT2D eigenvalue weighted by Crippen LogP contribution is 2.16. The Hall–Kier alpha value is -3.34. The molecule has 3 rings (SSSR count). The Morgan fingerprint density at radius 2 is 1.69 bits per heavy atom. The lowest BCUT2D eigenvalue weighted by atomic mass is 10.1. The summed E-state index contributed by atoms with van der Waals surface area (Å²) in [7, 11) is 1.59. The summed E-state index contributed by atoms with van der Waals surface area (Å²) in [6, 6.07) is 18.0. The van der Waals surface area contributed by atoms with Gasteiger partial charge in [-0.25, -0.2) is 0 Å². The summed E-state index contributed by atoms with van der Waals surface area (Å²) in [5, 5.41) is 2.82. The van der Waals surface area contributed by atoms with Crippen molar-refractivity contribution in [3.8, 4) is 5.75 Å². The molecule has 132 valence electrons. The van der Waals surface area contributed by atoms with Crippen LogP contribution in [-0.4, -0.2) is 17.6 Å². The zero-order valence-corrected chi connectivity index (χ0v) is 14.7. The van der Waals surface area contributed by atoms with E-state index >= 15 is 0 Å². The summed E-state index contributed by atoms with van der Waals surface area (Å²) in [6.07, 6.45) is 1.58. The van der Waals surface area contributed by atoms with Crippen LogP contribution in [0.3, 0.4) is 0 Å². The van der Waals surface area contributed by atoms with E-state index in [9.17, 15) is 9.59 Å². The fraction of sp³-hybridized carbons (Fsp3) is 0.143. The first-order valence-electron chi connectivity index (χ1n) is 8.26. The second kappa shape index (κ2) is 7.70. The van der Waals surface area contributed by atoms with Crippen LogP contribution in [0.1, 0.15) is 21.5 Å². The molecule has 1 heterocycles. The molecule has 0 saturated carbocycles. The molecule has 0 saturated heterocycles. The van der Waals surface area contributed by atoms with Gasteiger partial charge in [0.15, 0.2) is 0 Å².